The van der Waals surface area contributed by atoms with Crippen molar-refractivity contribution in [2.75, 3.05) is 6.54 Å². The predicted octanol–water partition coefficient (Wildman–Crippen LogP) is 3.29. The van der Waals surface area contributed by atoms with E-state index < -0.39 is 0 Å². The average Bonchev–Trinajstić information content (AvgIpc) is 2.42. The molecule has 3 heteroatoms. The molecule has 1 aliphatic rings. The van der Waals surface area contributed by atoms with Crippen LogP contribution in [-0.4, -0.2) is 12.6 Å². The van der Waals surface area contributed by atoms with Crippen molar-refractivity contribution in [3.63, 3.8) is 0 Å². The first-order chi connectivity index (χ1) is 8.72. The Hall–Kier alpha value is -0.570. The average molecular weight is 267 g/mol. The summed E-state index contributed by atoms with van der Waals surface area (Å²) in [5.74, 6) is 1.06. The molecule has 2 nitrogen and oxygen atoms in total. The molecule has 0 aliphatic heterocycles. The molecule has 0 amide bonds. The molecule has 1 saturated carbocycles. The maximum atomic E-state index is 6.26. The van der Waals surface area contributed by atoms with E-state index in [1.807, 2.05) is 12.1 Å². The topological polar surface area (TPSA) is 52.0 Å². The minimum Gasteiger partial charge on any atom is -0.329 e. The van der Waals surface area contributed by atoms with Crippen LogP contribution in [0.1, 0.15) is 43.6 Å². The summed E-state index contributed by atoms with van der Waals surface area (Å²) in [6, 6.07) is 8.18. The molecule has 18 heavy (non-hydrogen) atoms. The van der Waals surface area contributed by atoms with Gasteiger partial charge in [-0.25, -0.2) is 0 Å². The molecule has 0 aromatic heterocycles. The highest BCUT2D eigenvalue weighted by Crippen LogP contribution is 2.37. The number of halogens is 1. The third kappa shape index (κ3) is 3.25. The lowest BCUT2D eigenvalue weighted by Crippen LogP contribution is -2.40. The highest BCUT2D eigenvalue weighted by atomic mass is 35.5. The lowest BCUT2D eigenvalue weighted by Gasteiger charge is -2.34. The third-order valence-corrected chi connectivity index (χ3v) is 4.40. The molecule has 2 unspecified atom stereocenters. The Balaban J connectivity index is 2.20. The summed E-state index contributed by atoms with van der Waals surface area (Å²) in [6.45, 7) is 0.545. The van der Waals surface area contributed by atoms with Gasteiger partial charge in [-0.15, -0.1) is 0 Å². The van der Waals surface area contributed by atoms with Gasteiger partial charge in [0.15, 0.2) is 0 Å². The molecular weight excluding hydrogens is 244 g/mol. The van der Waals surface area contributed by atoms with E-state index in [-0.39, 0.29) is 6.04 Å². The van der Waals surface area contributed by atoms with E-state index in [4.69, 9.17) is 23.1 Å². The van der Waals surface area contributed by atoms with Gasteiger partial charge in [0.25, 0.3) is 0 Å². The van der Waals surface area contributed by atoms with Gasteiger partial charge in [0.2, 0.25) is 0 Å². The fraction of sp³-hybridized carbons (Fsp3) is 0.600. The fourth-order valence-electron chi connectivity index (χ4n) is 3.19. The molecule has 0 radical (unpaired) electrons. The van der Waals surface area contributed by atoms with E-state index in [1.165, 1.54) is 37.7 Å². The highest BCUT2D eigenvalue weighted by molar-refractivity contribution is 6.30. The molecule has 4 N–H and O–H groups in total. The lowest BCUT2D eigenvalue weighted by atomic mass is 9.73. The largest absolute Gasteiger partial charge is 0.329 e. The zero-order valence-electron chi connectivity index (χ0n) is 10.8. The van der Waals surface area contributed by atoms with E-state index in [2.05, 4.69) is 12.1 Å². The molecule has 0 bridgehead atoms. The summed E-state index contributed by atoms with van der Waals surface area (Å²) in [4.78, 5) is 0. The van der Waals surface area contributed by atoms with Gasteiger partial charge in [0.1, 0.15) is 0 Å². The monoisotopic (exact) mass is 266 g/mol. The fourth-order valence-corrected chi connectivity index (χ4v) is 3.32. The Labute approximate surface area is 115 Å². The molecule has 0 saturated heterocycles. The van der Waals surface area contributed by atoms with Crippen LogP contribution < -0.4 is 11.5 Å². The number of hydrogen-bond donors (Lipinski definition) is 2. The van der Waals surface area contributed by atoms with Crippen LogP contribution in [0, 0.1) is 5.92 Å². The number of benzene rings is 1. The number of hydrogen-bond acceptors (Lipinski definition) is 2. The van der Waals surface area contributed by atoms with Crippen molar-refractivity contribution in [1.82, 2.24) is 0 Å². The van der Waals surface area contributed by atoms with Gasteiger partial charge in [-0.3, -0.25) is 0 Å². The van der Waals surface area contributed by atoms with E-state index in [0.29, 0.717) is 18.4 Å². The van der Waals surface area contributed by atoms with Gasteiger partial charge >= 0.3 is 0 Å². The molecule has 100 valence electrons. The summed E-state index contributed by atoms with van der Waals surface area (Å²) in [5, 5.41) is 0.780. The molecule has 1 fully saturated rings. The summed E-state index contributed by atoms with van der Waals surface area (Å²) in [7, 11) is 0. The quantitative estimate of drug-likeness (QED) is 0.879. The molecule has 2 atom stereocenters. The Morgan fingerprint density at radius 3 is 2.28 bits per heavy atom. The normalized spacial score (nSPS) is 20.6. The molecule has 2 rings (SSSR count). The van der Waals surface area contributed by atoms with Crippen molar-refractivity contribution in [3.05, 3.63) is 34.9 Å². The van der Waals surface area contributed by atoms with Gasteiger partial charge < -0.3 is 11.5 Å². The van der Waals surface area contributed by atoms with Gasteiger partial charge in [0, 0.05) is 23.5 Å². The molecule has 1 aromatic rings. The van der Waals surface area contributed by atoms with E-state index in [1.54, 1.807) is 0 Å². The Bertz CT molecular complexity index is 357. The molecule has 1 aliphatic carbocycles. The summed E-state index contributed by atoms with van der Waals surface area (Å²) in [6.07, 6.45) is 6.57. The first-order valence-corrected chi connectivity index (χ1v) is 7.31. The zero-order valence-corrected chi connectivity index (χ0v) is 11.6. The number of nitrogens with two attached hydrogens (primary N) is 2. The molecule has 0 heterocycles. The van der Waals surface area contributed by atoms with Crippen molar-refractivity contribution in [1.29, 1.82) is 0 Å². The van der Waals surface area contributed by atoms with Crippen molar-refractivity contribution in [3.8, 4) is 0 Å². The minimum atomic E-state index is 0.0503. The Morgan fingerprint density at radius 1 is 1.11 bits per heavy atom. The second-order valence-corrected chi connectivity index (χ2v) is 5.81. The van der Waals surface area contributed by atoms with Crippen molar-refractivity contribution < 1.29 is 0 Å². The van der Waals surface area contributed by atoms with Gasteiger partial charge in [-0.2, -0.15) is 0 Å². The highest BCUT2D eigenvalue weighted by Gasteiger charge is 2.29. The second-order valence-electron chi connectivity index (χ2n) is 5.37. The van der Waals surface area contributed by atoms with Gasteiger partial charge in [-0.05, 0) is 36.5 Å². The van der Waals surface area contributed by atoms with Crippen LogP contribution in [0.3, 0.4) is 0 Å². The van der Waals surface area contributed by atoms with E-state index in [0.717, 1.165) is 5.02 Å². The van der Waals surface area contributed by atoms with E-state index in [9.17, 15) is 0 Å². The predicted molar refractivity (Wildman–Crippen MR) is 77.8 cm³/mol. The smallest absolute Gasteiger partial charge is 0.0406 e. The first-order valence-electron chi connectivity index (χ1n) is 6.93. The van der Waals surface area contributed by atoms with Crippen molar-refractivity contribution >= 4 is 11.6 Å². The van der Waals surface area contributed by atoms with Crippen LogP contribution in [0.4, 0.5) is 0 Å². The lowest BCUT2D eigenvalue weighted by molar-refractivity contribution is 0.278. The second kappa shape index (κ2) is 6.55. The van der Waals surface area contributed by atoms with Crippen LogP contribution in [0.2, 0.25) is 5.02 Å². The van der Waals surface area contributed by atoms with Crippen LogP contribution >= 0.6 is 11.6 Å². The molecule has 1 aromatic carbocycles. The molecule has 0 spiro atoms. The maximum Gasteiger partial charge on any atom is 0.0406 e. The standard InChI is InChI=1S/C15H23ClN2/c16-13-8-6-12(7-9-13)15(14(18)10-17)11-4-2-1-3-5-11/h6-9,11,14-15H,1-5,10,17-18H2. The van der Waals surface area contributed by atoms with Crippen LogP contribution in [0.25, 0.3) is 0 Å². The molecular formula is C15H23ClN2. The Morgan fingerprint density at radius 2 is 1.72 bits per heavy atom. The van der Waals surface area contributed by atoms with Gasteiger partial charge in [0.05, 0.1) is 0 Å². The van der Waals surface area contributed by atoms with Crippen LogP contribution in [0.5, 0.6) is 0 Å². The SMILES string of the molecule is NCC(N)C(c1ccc(Cl)cc1)C1CCCCC1. The van der Waals surface area contributed by atoms with Crippen molar-refractivity contribution in [2.24, 2.45) is 17.4 Å². The summed E-state index contributed by atoms with van der Waals surface area (Å²) in [5.41, 5.74) is 13.4. The van der Waals surface area contributed by atoms with Crippen LogP contribution in [-0.2, 0) is 0 Å². The van der Waals surface area contributed by atoms with E-state index >= 15 is 0 Å². The van der Waals surface area contributed by atoms with Crippen LogP contribution in [0.15, 0.2) is 24.3 Å². The number of rotatable bonds is 4. The Kier molecular flexibility index (Phi) is 5.04. The van der Waals surface area contributed by atoms with Crippen molar-refractivity contribution in [2.45, 2.75) is 44.1 Å². The summed E-state index contributed by atoms with van der Waals surface area (Å²) >= 11 is 5.96. The minimum absolute atomic E-state index is 0.0503. The van der Waals surface area contributed by atoms with Gasteiger partial charge in [-0.1, -0.05) is 43.0 Å². The summed E-state index contributed by atoms with van der Waals surface area (Å²) < 4.78 is 0. The first kappa shape index (κ1) is 13.9. The third-order valence-electron chi connectivity index (χ3n) is 4.15. The maximum absolute atomic E-state index is 6.26. The zero-order chi connectivity index (χ0) is 13.0.